The largest absolute Gasteiger partial charge is 0.280 e. The van der Waals surface area contributed by atoms with Gasteiger partial charge in [-0.05, 0) is 34.8 Å². The maximum absolute atomic E-state index is 12.1. The zero-order chi connectivity index (χ0) is 16.2. The lowest BCUT2D eigenvalue weighted by atomic mass is 9.87. The Morgan fingerprint density at radius 2 is 1.50 bits per heavy atom. The fourth-order valence-electron chi connectivity index (χ4n) is 1.97. The van der Waals surface area contributed by atoms with Gasteiger partial charge in [-0.15, -0.1) is 0 Å². The summed E-state index contributed by atoms with van der Waals surface area (Å²) in [4.78, 5) is 0. The van der Waals surface area contributed by atoms with Crippen molar-refractivity contribution in [2.45, 2.75) is 26.2 Å². The minimum atomic E-state index is -3.51. The van der Waals surface area contributed by atoms with Crippen molar-refractivity contribution < 1.29 is 8.42 Å². The van der Waals surface area contributed by atoms with Crippen LogP contribution in [-0.2, 0) is 15.4 Å². The first-order chi connectivity index (χ1) is 10.3. The number of hydrogen-bond acceptors (Lipinski definition) is 2. The van der Waals surface area contributed by atoms with Crippen LogP contribution in [-0.4, -0.2) is 8.42 Å². The molecule has 1 N–H and O–H groups in total. The molecule has 3 nitrogen and oxygen atoms in total. The third-order valence-corrected chi connectivity index (χ3v) is 4.26. The van der Waals surface area contributed by atoms with Crippen molar-refractivity contribution in [1.29, 1.82) is 0 Å². The summed E-state index contributed by atoms with van der Waals surface area (Å²) in [5.74, 6) is 0. The Labute approximate surface area is 132 Å². The van der Waals surface area contributed by atoms with Gasteiger partial charge in [-0.1, -0.05) is 63.2 Å². The van der Waals surface area contributed by atoms with Gasteiger partial charge in [0.05, 0.1) is 5.41 Å². The predicted molar refractivity (Wildman–Crippen MR) is 93.2 cm³/mol. The Bertz CT molecular complexity index is 740. The van der Waals surface area contributed by atoms with E-state index in [9.17, 15) is 8.42 Å². The van der Waals surface area contributed by atoms with Crippen molar-refractivity contribution in [1.82, 2.24) is 0 Å². The van der Waals surface area contributed by atoms with E-state index in [0.717, 1.165) is 11.1 Å². The van der Waals surface area contributed by atoms with E-state index in [4.69, 9.17) is 0 Å². The van der Waals surface area contributed by atoms with Crippen molar-refractivity contribution in [3.63, 3.8) is 0 Å². The first kappa shape index (κ1) is 16.3. The van der Waals surface area contributed by atoms with E-state index < -0.39 is 10.0 Å². The summed E-state index contributed by atoms with van der Waals surface area (Å²) in [5, 5.41) is 1.18. The van der Waals surface area contributed by atoms with Crippen LogP contribution >= 0.6 is 0 Å². The molecule has 4 heteroatoms. The molecule has 0 fully saturated rings. The van der Waals surface area contributed by atoms with E-state index in [1.807, 2.05) is 42.5 Å². The van der Waals surface area contributed by atoms with E-state index >= 15 is 0 Å². The molecule has 0 aliphatic rings. The first-order valence-corrected chi connectivity index (χ1v) is 8.67. The molecule has 0 heterocycles. The standard InChI is InChI=1S/C18H21NO2S/c1-18(2,3)16-9-11-17(12-10-16)19-22(20,21)14-13-15-7-5-4-6-8-15/h4-14,19H,1-3H3. The molecule has 0 bridgehead atoms. The third-order valence-electron chi connectivity index (χ3n) is 3.25. The van der Waals surface area contributed by atoms with Gasteiger partial charge in [0.1, 0.15) is 0 Å². The highest BCUT2D eigenvalue weighted by atomic mass is 32.2. The fourth-order valence-corrected chi connectivity index (χ4v) is 2.84. The van der Waals surface area contributed by atoms with Gasteiger partial charge in [0.25, 0.3) is 10.0 Å². The summed E-state index contributed by atoms with van der Waals surface area (Å²) in [5.41, 5.74) is 2.61. The molecular formula is C18H21NO2S. The molecule has 0 aromatic heterocycles. The Morgan fingerprint density at radius 1 is 0.909 bits per heavy atom. The van der Waals surface area contributed by atoms with Crippen LogP contribution in [0.5, 0.6) is 0 Å². The molecule has 22 heavy (non-hydrogen) atoms. The molecule has 0 spiro atoms. The van der Waals surface area contributed by atoms with Gasteiger partial charge in [-0.25, -0.2) is 8.42 Å². The number of rotatable bonds is 4. The van der Waals surface area contributed by atoms with E-state index in [-0.39, 0.29) is 5.41 Å². The van der Waals surface area contributed by atoms with Gasteiger partial charge in [-0.3, -0.25) is 4.72 Å². The maximum Gasteiger partial charge on any atom is 0.255 e. The second-order valence-corrected chi connectivity index (χ2v) is 7.75. The molecule has 0 saturated heterocycles. The number of hydrogen-bond donors (Lipinski definition) is 1. The molecule has 2 rings (SSSR count). The van der Waals surface area contributed by atoms with Gasteiger partial charge < -0.3 is 0 Å². The Kier molecular flexibility index (Phi) is 4.71. The average Bonchev–Trinajstić information content (AvgIpc) is 2.46. The van der Waals surface area contributed by atoms with Crippen LogP contribution in [0, 0.1) is 0 Å². The summed E-state index contributed by atoms with van der Waals surface area (Å²) >= 11 is 0. The van der Waals surface area contributed by atoms with Crippen LogP contribution in [0.25, 0.3) is 6.08 Å². The summed E-state index contributed by atoms with van der Waals surface area (Å²) in [7, 11) is -3.51. The summed E-state index contributed by atoms with van der Waals surface area (Å²) in [6.07, 6.45) is 1.58. The highest BCUT2D eigenvalue weighted by Crippen LogP contribution is 2.23. The SMILES string of the molecule is CC(C)(C)c1ccc(NS(=O)(=O)C=Cc2ccccc2)cc1. The fraction of sp³-hybridized carbons (Fsp3) is 0.222. The van der Waals surface area contributed by atoms with Gasteiger partial charge in [0.2, 0.25) is 0 Å². The zero-order valence-electron chi connectivity index (χ0n) is 13.1. The van der Waals surface area contributed by atoms with Gasteiger partial charge in [0.15, 0.2) is 0 Å². The first-order valence-electron chi connectivity index (χ1n) is 7.13. The number of nitrogens with one attached hydrogen (secondary N) is 1. The van der Waals surface area contributed by atoms with E-state index in [0.29, 0.717) is 5.69 Å². The lowest BCUT2D eigenvalue weighted by molar-refractivity contribution is 0.590. The molecule has 0 aliphatic carbocycles. The van der Waals surface area contributed by atoms with Crippen molar-refractivity contribution in [3.05, 3.63) is 71.1 Å². The van der Waals surface area contributed by atoms with Gasteiger partial charge in [0, 0.05) is 5.69 Å². The van der Waals surface area contributed by atoms with Crippen molar-refractivity contribution in [3.8, 4) is 0 Å². The third kappa shape index (κ3) is 4.74. The maximum atomic E-state index is 12.1. The number of sulfonamides is 1. The highest BCUT2D eigenvalue weighted by molar-refractivity contribution is 7.95. The van der Waals surface area contributed by atoms with Crippen LogP contribution in [0.3, 0.4) is 0 Å². The molecule has 0 aliphatic heterocycles. The quantitative estimate of drug-likeness (QED) is 0.909. The van der Waals surface area contributed by atoms with E-state index in [2.05, 4.69) is 25.5 Å². The van der Waals surface area contributed by atoms with E-state index in [1.54, 1.807) is 18.2 Å². The number of anilines is 1. The van der Waals surface area contributed by atoms with Crippen LogP contribution < -0.4 is 4.72 Å². The predicted octanol–water partition coefficient (Wildman–Crippen LogP) is 4.40. The average molecular weight is 315 g/mol. The molecule has 0 unspecified atom stereocenters. The van der Waals surface area contributed by atoms with Crippen molar-refractivity contribution >= 4 is 21.8 Å². The minimum Gasteiger partial charge on any atom is -0.280 e. The molecule has 0 radical (unpaired) electrons. The Hall–Kier alpha value is -2.07. The lowest BCUT2D eigenvalue weighted by Crippen LogP contribution is -2.12. The minimum absolute atomic E-state index is 0.0462. The van der Waals surface area contributed by atoms with E-state index in [1.165, 1.54) is 5.41 Å². The van der Waals surface area contributed by atoms with Crippen LogP contribution in [0.2, 0.25) is 0 Å². The summed E-state index contributed by atoms with van der Waals surface area (Å²) < 4.78 is 26.7. The number of benzene rings is 2. The van der Waals surface area contributed by atoms with Crippen LogP contribution in [0.4, 0.5) is 5.69 Å². The zero-order valence-corrected chi connectivity index (χ0v) is 13.9. The second-order valence-electron chi connectivity index (χ2n) is 6.19. The Balaban J connectivity index is 2.10. The molecule has 2 aromatic carbocycles. The summed E-state index contributed by atoms with van der Waals surface area (Å²) in [6, 6.07) is 16.8. The molecule has 0 saturated carbocycles. The highest BCUT2D eigenvalue weighted by Gasteiger charge is 2.13. The van der Waals surface area contributed by atoms with Gasteiger partial charge >= 0.3 is 0 Å². The monoisotopic (exact) mass is 315 g/mol. The second kappa shape index (κ2) is 6.36. The molecule has 2 aromatic rings. The molecule has 116 valence electrons. The normalized spacial score (nSPS) is 12.5. The molecular weight excluding hydrogens is 294 g/mol. The van der Waals surface area contributed by atoms with Gasteiger partial charge in [-0.2, -0.15) is 0 Å². The summed E-state index contributed by atoms with van der Waals surface area (Å²) in [6.45, 7) is 6.36. The Morgan fingerprint density at radius 3 is 2.05 bits per heavy atom. The molecule has 0 amide bonds. The van der Waals surface area contributed by atoms with Crippen LogP contribution in [0.15, 0.2) is 60.0 Å². The van der Waals surface area contributed by atoms with Crippen molar-refractivity contribution in [2.24, 2.45) is 0 Å². The lowest BCUT2D eigenvalue weighted by Gasteiger charge is -2.19. The van der Waals surface area contributed by atoms with Crippen molar-refractivity contribution in [2.75, 3.05) is 4.72 Å². The topological polar surface area (TPSA) is 46.2 Å². The molecule has 0 atom stereocenters. The smallest absolute Gasteiger partial charge is 0.255 e. The van der Waals surface area contributed by atoms with Crippen LogP contribution in [0.1, 0.15) is 31.9 Å².